The molecule has 0 aromatic rings. The Hall–Kier alpha value is -0.770. The van der Waals surface area contributed by atoms with Gasteiger partial charge in [-0.2, -0.15) is 0 Å². The van der Waals surface area contributed by atoms with Gasteiger partial charge in [-0.3, -0.25) is 0 Å². The molecule has 0 aromatic heterocycles. The SMILES string of the molecule is CC1CCN(C(=O)OC(C)(C)C)CC1(C)N. The van der Waals surface area contributed by atoms with Crippen LogP contribution >= 0.6 is 0 Å². The van der Waals surface area contributed by atoms with Crippen LogP contribution in [0.2, 0.25) is 0 Å². The van der Waals surface area contributed by atoms with Crippen LogP contribution in [-0.2, 0) is 4.74 Å². The summed E-state index contributed by atoms with van der Waals surface area (Å²) in [4.78, 5) is 13.6. The van der Waals surface area contributed by atoms with E-state index in [1.165, 1.54) is 0 Å². The van der Waals surface area contributed by atoms with E-state index >= 15 is 0 Å². The highest BCUT2D eigenvalue weighted by Gasteiger charge is 2.36. The first kappa shape index (κ1) is 13.3. The molecule has 0 radical (unpaired) electrons. The van der Waals surface area contributed by atoms with Crippen molar-refractivity contribution in [1.82, 2.24) is 4.90 Å². The van der Waals surface area contributed by atoms with Gasteiger partial charge in [0.2, 0.25) is 0 Å². The quantitative estimate of drug-likeness (QED) is 0.689. The second-order valence-corrected chi connectivity index (χ2v) is 6.10. The van der Waals surface area contributed by atoms with Crippen molar-refractivity contribution in [3.05, 3.63) is 0 Å². The van der Waals surface area contributed by atoms with E-state index in [0.29, 0.717) is 12.5 Å². The number of amides is 1. The van der Waals surface area contributed by atoms with Gasteiger partial charge in [-0.15, -0.1) is 0 Å². The van der Waals surface area contributed by atoms with E-state index < -0.39 is 5.60 Å². The standard InChI is InChI=1S/C12H24N2O2/c1-9-6-7-14(8-12(9,5)13)10(15)16-11(2,3)4/h9H,6-8,13H2,1-5H3. The Bertz CT molecular complexity index is 269. The zero-order chi connectivity index (χ0) is 12.6. The van der Waals surface area contributed by atoms with Crippen molar-refractivity contribution in [3.63, 3.8) is 0 Å². The predicted molar refractivity (Wildman–Crippen MR) is 64.2 cm³/mol. The molecule has 1 amide bonds. The minimum absolute atomic E-state index is 0.254. The van der Waals surface area contributed by atoms with Crippen molar-refractivity contribution in [1.29, 1.82) is 0 Å². The fourth-order valence-electron chi connectivity index (χ4n) is 1.81. The van der Waals surface area contributed by atoms with Crippen LogP contribution in [0.5, 0.6) is 0 Å². The van der Waals surface area contributed by atoms with Gasteiger partial charge < -0.3 is 15.4 Å². The molecule has 1 aliphatic rings. The lowest BCUT2D eigenvalue weighted by atomic mass is 9.82. The maximum atomic E-state index is 11.9. The average molecular weight is 228 g/mol. The number of rotatable bonds is 0. The minimum atomic E-state index is -0.439. The molecule has 4 heteroatoms. The Morgan fingerprint density at radius 3 is 2.50 bits per heavy atom. The Balaban J connectivity index is 2.60. The molecule has 1 aliphatic heterocycles. The topological polar surface area (TPSA) is 55.6 Å². The molecule has 0 saturated carbocycles. The fourth-order valence-corrected chi connectivity index (χ4v) is 1.81. The van der Waals surface area contributed by atoms with Crippen LogP contribution in [-0.4, -0.2) is 35.2 Å². The minimum Gasteiger partial charge on any atom is -0.444 e. The normalized spacial score (nSPS) is 31.4. The van der Waals surface area contributed by atoms with Gasteiger partial charge in [-0.25, -0.2) is 4.79 Å². The van der Waals surface area contributed by atoms with Gasteiger partial charge in [0.1, 0.15) is 5.60 Å². The van der Waals surface area contributed by atoms with E-state index in [4.69, 9.17) is 10.5 Å². The van der Waals surface area contributed by atoms with Crippen molar-refractivity contribution >= 4 is 6.09 Å². The number of hydrogen-bond donors (Lipinski definition) is 1. The number of hydrogen-bond acceptors (Lipinski definition) is 3. The lowest BCUT2D eigenvalue weighted by Crippen LogP contribution is -2.58. The summed E-state index contributed by atoms with van der Waals surface area (Å²) in [6, 6.07) is 0. The van der Waals surface area contributed by atoms with Crippen molar-refractivity contribution in [2.24, 2.45) is 11.7 Å². The highest BCUT2D eigenvalue weighted by Crippen LogP contribution is 2.25. The Labute approximate surface area is 98.1 Å². The molecule has 2 atom stereocenters. The van der Waals surface area contributed by atoms with E-state index in [2.05, 4.69) is 6.92 Å². The first-order chi connectivity index (χ1) is 7.12. The van der Waals surface area contributed by atoms with E-state index in [0.717, 1.165) is 13.0 Å². The molecule has 4 nitrogen and oxygen atoms in total. The number of piperidine rings is 1. The zero-order valence-electron chi connectivity index (χ0n) is 11.0. The van der Waals surface area contributed by atoms with Crippen LogP contribution in [0.25, 0.3) is 0 Å². The summed E-state index contributed by atoms with van der Waals surface area (Å²) in [7, 11) is 0. The van der Waals surface area contributed by atoms with E-state index in [9.17, 15) is 4.79 Å². The zero-order valence-corrected chi connectivity index (χ0v) is 11.0. The van der Waals surface area contributed by atoms with Gasteiger partial charge in [-0.05, 0) is 40.0 Å². The average Bonchev–Trinajstić information content (AvgIpc) is 2.06. The number of nitrogens with zero attached hydrogens (tertiary/aromatic N) is 1. The van der Waals surface area contributed by atoms with Gasteiger partial charge in [0.05, 0.1) is 0 Å². The second kappa shape index (κ2) is 4.24. The van der Waals surface area contributed by atoms with E-state index in [1.807, 2.05) is 27.7 Å². The van der Waals surface area contributed by atoms with Crippen molar-refractivity contribution < 1.29 is 9.53 Å². The van der Waals surface area contributed by atoms with Crippen LogP contribution < -0.4 is 5.73 Å². The monoisotopic (exact) mass is 228 g/mol. The number of likely N-dealkylation sites (tertiary alicyclic amines) is 1. The number of ether oxygens (including phenoxy) is 1. The molecule has 0 aliphatic carbocycles. The summed E-state index contributed by atoms with van der Waals surface area (Å²) >= 11 is 0. The van der Waals surface area contributed by atoms with E-state index in [1.54, 1.807) is 4.90 Å². The van der Waals surface area contributed by atoms with Crippen molar-refractivity contribution in [3.8, 4) is 0 Å². The van der Waals surface area contributed by atoms with Crippen LogP contribution in [0, 0.1) is 5.92 Å². The molecule has 94 valence electrons. The lowest BCUT2D eigenvalue weighted by molar-refractivity contribution is 0.00913. The first-order valence-electron chi connectivity index (χ1n) is 5.88. The van der Waals surface area contributed by atoms with Gasteiger partial charge in [0, 0.05) is 18.6 Å². The molecule has 2 unspecified atom stereocenters. The molecule has 1 rings (SSSR count). The Kier molecular flexibility index (Phi) is 3.53. The van der Waals surface area contributed by atoms with Gasteiger partial charge in [0.25, 0.3) is 0 Å². The summed E-state index contributed by atoms with van der Waals surface area (Å²) in [5.41, 5.74) is 5.41. The smallest absolute Gasteiger partial charge is 0.410 e. The van der Waals surface area contributed by atoms with Crippen molar-refractivity contribution in [2.75, 3.05) is 13.1 Å². The summed E-state index contributed by atoms with van der Waals surface area (Å²) in [5, 5.41) is 0. The number of nitrogens with two attached hydrogens (primary N) is 1. The molecule has 0 aromatic carbocycles. The number of carbonyl (C=O) groups is 1. The van der Waals surface area contributed by atoms with Crippen LogP contribution in [0.3, 0.4) is 0 Å². The molecule has 1 saturated heterocycles. The van der Waals surface area contributed by atoms with Crippen LogP contribution in [0.1, 0.15) is 41.0 Å². The van der Waals surface area contributed by atoms with Gasteiger partial charge in [-0.1, -0.05) is 6.92 Å². The highest BCUT2D eigenvalue weighted by molar-refractivity contribution is 5.68. The molecule has 1 heterocycles. The van der Waals surface area contributed by atoms with Crippen LogP contribution in [0.15, 0.2) is 0 Å². The van der Waals surface area contributed by atoms with Crippen molar-refractivity contribution in [2.45, 2.75) is 52.2 Å². The molecular weight excluding hydrogens is 204 g/mol. The largest absolute Gasteiger partial charge is 0.444 e. The summed E-state index contributed by atoms with van der Waals surface area (Å²) in [5.74, 6) is 0.436. The molecule has 2 N–H and O–H groups in total. The third-order valence-electron chi connectivity index (χ3n) is 3.14. The lowest BCUT2D eigenvalue weighted by Gasteiger charge is -2.42. The highest BCUT2D eigenvalue weighted by atomic mass is 16.6. The predicted octanol–water partition coefficient (Wildman–Crippen LogP) is 1.98. The Morgan fingerprint density at radius 1 is 1.50 bits per heavy atom. The van der Waals surface area contributed by atoms with Gasteiger partial charge in [0.15, 0.2) is 0 Å². The molecule has 1 fully saturated rings. The number of carbonyl (C=O) groups excluding carboxylic acids is 1. The molecule has 0 spiro atoms. The summed E-state index contributed by atoms with van der Waals surface area (Å²) in [6.45, 7) is 11.1. The summed E-state index contributed by atoms with van der Waals surface area (Å²) in [6.07, 6.45) is 0.683. The third-order valence-corrected chi connectivity index (χ3v) is 3.14. The van der Waals surface area contributed by atoms with Crippen LogP contribution in [0.4, 0.5) is 4.79 Å². The first-order valence-corrected chi connectivity index (χ1v) is 5.88. The maximum Gasteiger partial charge on any atom is 0.410 e. The maximum absolute atomic E-state index is 11.9. The molecule has 16 heavy (non-hydrogen) atoms. The third kappa shape index (κ3) is 3.37. The molecule has 0 bridgehead atoms. The summed E-state index contributed by atoms with van der Waals surface area (Å²) < 4.78 is 5.34. The Morgan fingerprint density at radius 2 is 2.06 bits per heavy atom. The molecular formula is C12H24N2O2. The van der Waals surface area contributed by atoms with E-state index in [-0.39, 0.29) is 11.6 Å². The fraction of sp³-hybridized carbons (Fsp3) is 0.917. The second-order valence-electron chi connectivity index (χ2n) is 6.10. The van der Waals surface area contributed by atoms with Gasteiger partial charge >= 0.3 is 6.09 Å².